The van der Waals surface area contributed by atoms with Gasteiger partial charge in [0.2, 0.25) is 0 Å². The molecular formula is C9H16O. The lowest BCUT2D eigenvalue weighted by Gasteiger charge is -2.12. The zero-order valence-corrected chi connectivity index (χ0v) is 6.59. The Bertz CT molecular complexity index is 112. The number of hydrogen-bond donors (Lipinski definition) is 1. The maximum atomic E-state index is 9.46. The Morgan fingerprint density at radius 2 is 2.00 bits per heavy atom. The largest absolute Gasteiger partial charge is 0.389 e. The van der Waals surface area contributed by atoms with Crippen molar-refractivity contribution in [2.75, 3.05) is 0 Å². The van der Waals surface area contributed by atoms with Gasteiger partial charge >= 0.3 is 0 Å². The van der Waals surface area contributed by atoms with Gasteiger partial charge in [-0.3, -0.25) is 0 Å². The predicted molar refractivity (Wildman–Crippen MR) is 42.8 cm³/mol. The molecule has 1 heteroatoms. The minimum absolute atomic E-state index is 0.174. The van der Waals surface area contributed by atoms with Gasteiger partial charge in [-0.2, -0.15) is 0 Å². The van der Waals surface area contributed by atoms with Crippen molar-refractivity contribution in [2.24, 2.45) is 5.92 Å². The first-order valence-electron chi connectivity index (χ1n) is 4.15. The van der Waals surface area contributed by atoms with Crippen LogP contribution in [0.25, 0.3) is 0 Å². The van der Waals surface area contributed by atoms with Crippen molar-refractivity contribution in [1.82, 2.24) is 0 Å². The molecule has 10 heavy (non-hydrogen) atoms. The zero-order chi connectivity index (χ0) is 7.40. The molecule has 0 bridgehead atoms. The number of aliphatic hydroxyl groups excluding tert-OH is 1. The molecule has 1 fully saturated rings. The smallest absolute Gasteiger partial charge is 0.0748 e. The molecule has 0 heterocycles. The molecule has 1 nitrogen and oxygen atoms in total. The fourth-order valence-electron chi connectivity index (χ4n) is 1.65. The van der Waals surface area contributed by atoms with Gasteiger partial charge in [0.15, 0.2) is 0 Å². The normalized spacial score (nSPS) is 24.2. The molecule has 0 radical (unpaired) electrons. The Morgan fingerprint density at radius 1 is 1.40 bits per heavy atom. The van der Waals surface area contributed by atoms with Crippen LogP contribution in [-0.4, -0.2) is 11.2 Å². The van der Waals surface area contributed by atoms with Crippen molar-refractivity contribution in [3.63, 3.8) is 0 Å². The summed E-state index contributed by atoms with van der Waals surface area (Å²) in [5, 5.41) is 9.46. The van der Waals surface area contributed by atoms with Gasteiger partial charge in [-0.25, -0.2) is 0 Å². The second-order valence-corrected chi connectivity index (χ2v) is 3.06. The van der Waals surface area contributed by atoms with Crippen LogP contribution in [0.1, 0.15) is 32.6 Å². The van der Waals surface area contributed by atoms with E-state index in [1.54, 1.807) is 0 Å². The quantitative estimate of drug-likeness (QED) is 0.582. The molecule has 1 N–H and O–H groups in total. The van der Waals surface area contributed by atoms with Gasteiger partial charge in [0.1, 0.15) is 0 Å². The summed E-state index contributed by atoms with van der Waals surface area (Å²) in [5.74, 6) is 0.552. The van der Waals surface area contributed by atoms with E-state index in [2.05, 4.69) is 0 Å². The summed E-state index contributed by atoms with van der Waals surface area (Å²) in [5.41, 5.74) is 0. The fraction of sp³-hybridized carbons (Fsp3) is 0.778. The maximum absolute atomic E-state index is 9.46. The molecule has 0 aromatic carbocycles. The van der Waals surface area contributed by atoms with E-state index < -0.39 is 0 Å². The first-order valence-corrected chi connectivity index (χ1v) is 4.15. The third-order valence-corrected chi connectivity index (χ3v) is 2.27. The number of allylic oxidation sites excluding steroid dienone is 1. The van der Waals surface area contributed by atoms with Crippen molar-refractivity contribution < 1.29 is 5.11 Å². The van der Waals surface area contributed by atoms with Crippen LogP contribution in [0.4, 0.5) is 0 Å². The van der Waals surface area contributed by atoms with Crippen molar-refractivity contribution in [1.29, 1.82) is 0 Å². The number of aliphatic hydroxyl groups is 1. The van der Waals surface area contributed by atoms with Crippen LogP contribution in [0.5, 0.6) is 0 Å². The highest BCUT2D eigenvalue weighted by atomic mass is 16.3. The lowest BCUT2D eigenvalue weighted by molar-refractivity contribution is 0.156. The Hall–Kier alpha value is -0.300. The fourth-order valence-corrected chi connectivity index (χ4v) is 1.65. The summed E-state index contributed by atoms with van der Waals surface area (Å²) in [6.45, 7) is 1.96. The van der Waals surface area contributed by atoms with Crippen LogP contribution >= 0.6 is 0 Å². The van der Waals surface area contributed by atoms with Gasteiger partial charge in [0, 0.05) is 0 Å². The maximum Gasteiger partial charge on any atom is 0.0748 e. The predicted octanol–water partition coefficient (Wildman–Crippen LogP) is 2.11. The van der Waals surface area contributed by atoms with Gasteiger partial charge < -0.3 is 5.11 Å². The molecule has 1 aliphatic rings. The monoisotopic (exact) mass is 140 g/mol. The number of rotatable bonds is 2. The summed E-state index contributed by atoms with van der Waals surface area (Å²) >= 11 is 0. The van der Waals surface area contributed by atoms with E-state index >= 15 is 0 Å². The first-order chi connectivity index (χ1) is 4.84. The molecule has 0 aromatic rings. The molecule has 1 unspecified atom stereocenters. The minimum atomic E-state index is -0.174. The van der Waals surface area contributed by atoms with Gasteiger partial charge in [0.05, 0.1) is 6.10 Å². The van der Waals surface area contributed by atoms with Crippen LogP contribution in [0, 0.1) is 5.92 Å². The van der Waals surface area contributed by atoms with Gasteiger partial charge in [-0.05, 0) is 25.7 Å². The minimum Gasteiger partial charge on any atom is -0.389 e. The standard InChI is InChI=1S/C9H16O/c1-2-5-9(10)8-6-3-4-7-8/h2,5,8-10H,3-4,6-7H2,1H3/b5-2+. The summed E-state index contributed by atoms with van der Waals surface area (Å²) in [6.07, 6.45) is 8.70. The molecule has 0 aliphatic heterocycles. The van der Waals surface area contributed by atoms with Crippen molar-refractivity contribution >= 4 is 0 Å². The molecule has 0 saturated heterocycles. The van der Waals surface area contributed by atoms with Crippen LogP contribution in [-0.2, 0) is 0 Å². The molecule has 0 spiro atoms. The summed E-state index contributed by atoms with van der Waals surface area (Å²) < 4.78 is 0. The Kier molecular flexibility index (Phi) is 2.94. The van der Waals surface area contributed by atoms with Crippen LogP contribution in [0.2, 0.25) is 0 Å². The van der Waals surface area contributed by atoms with Crippen molar-refractivity contribution in [3.8, 4) is 0 Å². The highest BCUT2D eigenvalue weighted by Gasteiger charge is 2.20. The molecule has 1 aliphatic carbocycles. The second kappa shape index (κ2) is 3.77. The Balaban J connectivity index is 2.32. The first kappa shape index (κ1) is 7.80. The molecule has 0 aromatic heterocycles. The Labute approximate surface area is 62.8 Å². The summed E-state index contributed by atoms with van der Waals surface area (Å²) in [4.78, 5) is 0. The summed E-state index contributed by atoms with van der Waals surface area (Å²) in [7, 11) is 0. The molecule has 1 rings (SSSR count). The molecule has 1 saturated carbocycles. The summed E-state index contributed by atoms with van der Waals surface area (Å²) in [6, 6.07) is 0. The van der Waals surface area contributed by atoms with Crippen LogP contribution in [0.3, 0.4) is 0 Å². The van der Waals surface area contributed by atoms with Crippen molar-refractivity contribution in [2.45, 2.75) is 38.7 Å². The lowest BCUT2D eigenvalue weighted by atomic mass is 10.0. The SMILES string of the molecule is C/C=C/C(O)C1CCCC1. The average Bonchev–Trinajstić information content (AvgIpc) is 2.38. The van der Waals surface area contributed by atoms with E-state index in [1.165, 1.54) is 25.7 Å². The van der Waals surface area contributed by atoms with E-state index in [1.807, 2.05) is 19.1 Å². The highest BCUT2D eigenvalue weighted by Crippen LogP contribution is 2.27. The van der Waals surface area contributed by atoms with E-state index in [-0.39, 0.29) is 6.10 Å². The Morgan fingerprint density at radius 3 is 2.50 bits per heavy atom. The molecular weight excluding hydrogens is 124 g/mol. The topological polar surface area (TPSA) is 20.2 Å². The molecule has 0 amide bonds. The van der Waals surface area contributed by atoms with Crippen molar-refractivity contribution in [3.05, 3.63) is 12.2 Å². The van der Waals surface area contributed by atoms with E-state index in [0.29, 0.717) is 5.92 Å². The van der Waals surface area contributed by atoms with Gasteiger partial charge in [-0.15, -0.1) is 0 Å². The lowest BCUT2D eigenvalue weighted by Crippen LogP contribution is -2.13. The molecule has 58 valence electrons. The second-order valence-electron chi connectivity index (χ2n) is 3.06. The van der Waals surface area contributed by atoms with E-state index in [9.17, 15) is 5.11 Å². The van der Waals surface area contributed by atoms with Crippen LogP contribution < -0.4 is 0 Å². The van der Waals surface area contributed by atoms with Crippen LogP contribution in [0.15, 0.2) is 12.2 Å². The molecule has 1 atom stereocenters. The van der Waals surface area contributed by atoms with Gasteiger partial charge in [-0.1, -0.05) is 25.0 Å². The van der Waals surface area contributed by atoms with Gasteiger partial charge in [0.25, 0.3) is 0 Å². The third-order valence-electron chi connectivity index (χ3n) is 2.27. The van der Waals surface area contributed by atoms with E-state index in [4.69, 9.17) is 0 Å². The highest BCUT2D eigenvalue weighted by molar-refractivity contribution is 4.91. The zero-order valence-electron chi connectivity index (χ0n) is 6.59. The average molecular weight is 140 g/mol. The van der Waals surface area contributed by atoms with E-state index in [0.717, 1.165) is 0 Å². The number of hydrogen-bond acceptors (Lipinski definition) is 1. The third kappa shape index (κ3) is 1.84.